The van der Waals surface area contributed by atoms with Crippen LogP contribution >= 0.6 is 23.1 Å². The van der Waals surface area contributed by atoms with Gasteiger partial charge in [0.1, 0.15) is 0 Å². The SMILES string of the molecule is CSCC(C)CNCc1ccsc1. The van der Waals surface area contributed by atoms with Gasteiger partial charge < -0.3 is 5.32 Å². The molecule has 0 spiro atoms. The molecule has 1 nitrogen and oxygen atoms in total. The van der Waals surface area contributed by atoms with Crippen molar-refractivity contribution in [2.45, 2.75) is 13.5 Å². The van der Waals surface area contributed by atoms with E-state index in [2.05, 4.69) is 35.3 Å². The summed E-state index contributed by atoms with van der Waals surface area (Å²) < 4.78 is 0. The molecule has 0 aliphatic rings. The van der Waals surface area contributed by atoms with E-state index in [-0.39, 0.29) is 0 Å². The maximum atomic E-state index is 3.47. The van der Waals surface area contributed by atoms with Crippen LogP contribution in [0.15, 0.2) is 16.8 Å². The lowest BCUT2D eigenvalue weighted by Gasteiger charge is -2.10. The zero-order valence-corrected chi connectivity index (χ0v) is 9.88. The van der Waals surface area contributed by atoms with E-state index in [1.54, 1.807) is 11.3 Å². The van der Waals surface area contributed by atoms with Gasteiger partial charge in [-0.05, 0) is 46.9 Å². The van der Waals surface area contributed by atoms with Crippen molar-refractivity contribution in [3.63, 3.8) is 0 Å². The molecule has 1 unspecified atom stereocenters. The standard InChI is InChI=1S/C10H17NS2/c1-9(7-12-2)5-11-6-10-3-4-13-8-10/h3-4,8-9,11H,5-7H2,1-2H3. The monoisotopic (exact) mass is 215 g/mol. The Hall–Kier alpha value is 0.01000. The molecule has 0 saturated heterocycles. The largest absolute Gasteiger partial charge is 0.312 e. The fourth-order valence-electron chi connectivity index (χ4n) is 1.20. The lowest BCUT2D eigenvalue weighted by atomic mass is 10.2. The minimum atomic E-state index is 0.772. The number of thiophene rings is 1. The molecule has 74 valence electrons. The summed E-state index contributed by atoms with van der Waals surface area (Å²) in [6.45, 7) is 4.43. The van der Waals surface area contributed by atoms with Gasteiger partial charge in [-0.15, -0.1) is 0 Å². The van der Waals surface area contributed by atoms with E-state index in [9.17, 15) is 0 Å². The zero-order valence-electron chi connectivity index (χ0n) is 8.25. The third-order valence-corrected chi connectivity index (χ3v) is 3.49. The van der Waals surface area contributed by atoms with Crippen LogP contribution in [0.2, 0.25) is 0 Å². The lowest BCUT2D eigenvalue weighted by molar-refractivity contribution is 0.560. The van der Waals surface area contributed by atoms with E-state index in [1.165, 1.54) is 11.3 Å². The van der Waals surface area contributed by atoms with Crippen molar-refractivity contribution >= 4 is 23.1 Å². The Labute approximate surface area is 88.9 Å². The van der Waals surface area contributed by atoms with Crippen molar-refractivity contribution in [2.24, 2.45) is 5.92 Å². The molecule has 13 heavy (non-hydrogen) atoms. The number of rotatable bonds is 6. The van der Waals surface area contributed by atoms with E-state index >= 15 is 0 Å². The van der Waals surface area contributed by atoms with Crippen LogP contribution in [0.1, 0.15) is 12.5 Å². The summed E-state index contributed by atoms with van der Waals surface area (Å²) in [6.07, 6.45) is 2.16. The van der Waals surface area contributed by atoms with Gasteiger partial charge in [-0.25, -0.2) is 0 Å². The summed E-state index contributed by atoms with van der Waals surface area (Å²) in [7, 11) is 0. The van der Waals surface area contributed by atoms with Gasteiger partial charge in [0.25, 0.3) is 0 Å². The maximum absolute atomic E-state index is 3.47. The molecular formula is C10H17NS2. The Morgan fingerprint density at radius 2 is 2.46 bits per heavy atom. The van der Waals surface area contributed by atoms with Crippen LogP contribution in [0.4, 0.5) is 0 Å². The predicted octanol–water partition coefficient (Wildman–Crippen LogP) is 2.84. The van der Waals surface area contributed by atoms with Crippen LogP contribution in [0, 0.1) is 5.92 Å². The van der Waals surface area contributed by atoms with Crippen LogP contribution in [0.3, 0.4) is 0 Å². The van der Waals surface area contributed by atoms with E-state index in [0.29, 0.717) is 0 Å². The number of nitrogens with one attached hydrogen (secondary N) is 1. The van der Waals surface area contributed by atoms with Gasteiger partial charge in [0.15, 0.2) is 0 Å². The van der Waals surface area contributed by atoms with Crippen molar-refractivity contribution in [3.8, 4) is 0 Å². The molecule has 0 aromatic carbocycles. The Morgan fingerprint density at radius 1 is 1.62 bits per heavy atom. The molecule has 3 heteroatoms. The zero-order chi connectivity index (χ0) is 9.52. The fourth-order valence-corrected chi connectivity index (χ4v) is 2.56. The van der Waals surface area contributed by atoms with Gasteiger partial charge >= 0.3 is 0 Å². The van der Waals surface area contributed by atoms with Crippen LogP contribution in [-0.2, 0) is 6.54 Å². The lowest BCUT2D eigenvalue weighted by Crippen LogP contribution is -2.21. The summed E-state index contributed by atoms with van der Waals surface area (Å²) >= 11 is 3.68. The van der Waals surface area contributed by atoms with E-state index in [4.69, 9.17) is 0 Å². The summed E-state index contributed by atoms with van der Waals surface area (Å²) in [5.41, 5.74) is 1.40. The van der Waals surface area contributed by atoms with Gasteiger partial charge in [0, 0.05) is 6.54 Å². The third-order valence-electron chi connectivity index (χ3n) is 1.85. The molecule has 1 rings (SSSR count). The third kappa shape index (κ3) is 4.69. The van der Waals surface area contributed by atoms with Gasteiger partial charge in [-0.3, -0.25) is 0 Å². The molecule has 0 aliphatic carbocycles. The highest BCUT2D eigenvalue weighted by molar-refractivity contribution is 7.98. The first-order valence-electron chi connectivity index (χ1n) is 4.53. The van der Waals surface area contributed by atoms with Gasteiger partial charge in [-0.1, -0.05) is 6.92 Å². The molecule has 0 bridgehead atoms. The second-order valence-corrected chi connectivity index (χ2v) is 5.01. The quantitative estimate of drug-likeness (QED) is 0.783. The topological polar surface area (TPSA) is 12.0 Å². The highest BCUT2D eigenvalue weighted by atomic mass is 32.2. The number of thioether (sulfide) groups is 1. The highest BCUT2D eigenvalue weighted by Crippen LogP contribution is 2.06. The summed E-state index contributed by atoms with van der Waals surface area (Å²) in [5.74, 6) is 2.02. The summed E-state index contributed by atoms with van der Waals surface area (Å²) in [4.78, 5) is 0. The van der Waals surface area contributed by atoms with Crippen LogP contribution in [0.5, 0.6) is 0 Å². The predicted molar refractivity (Wildman–Crippen MR) is 63.6 cm³/mol. The molecule has 0 fully saturated rings. The van der Waals surface area contributed by atoms with Crippen molar-refractivity contribution in [3.05, 3.63) is 22.4 Å². The molecular weight excluding hydrogens is 198 g/mol. The van der Waals surface area contributed by atoms with Gasteiger partial charge in [-0.2, -0.15) is 23.1 Å². The van der Waals surface area contributed by atoms with Gasteiger partial charge in [0.2, 0.25) is 0 Å². The number of hydrogen-bond donors (Lipinski definition) is 1. The molecule has 0 aliphatic heterocycles. The summed E-state index contributed by atoms with van der Waals surface area (Å²) in [6, 6.07) is 2.18. The second-order valence-electron chi connectivity index (χ2n) is 3.32. The Bertz CT molecular complexity index is 209. The van der Waals surface area contributed by atoms with Crippen molar-refractivity contribution in [1.29, 1.82) is 0 Å². The van der Waals surface area contributed by atoms with Crippen LogP contribution in [0.25, 0.3) is 0 Å². The smallest absolute Gasteiger partial charge is 0.0213 e. The molecule has 0 saturated carbocycles. The number of hydrogen-bond acceptors (Lipinski definition) is 3. The molecule has 1 atom stereocenters. The van der Waals surface area contributed by atoms with E-state index < -0.39 is 0 Å². The molecule has 1 heterocycles. The molecule has 1 N–H and O–H groups in total. The van der Waals surface area contributed by atoms with E-state index in [1.807, 2.05) is 11.8 Å². The van der Waals surface area contributed by atoms with E-state index in [0.717, 1.165) is 19.0 Å². The first-order valence-corrected chi connectivity index (χ1v) is 6.87. The molecule has 0 radical (unpaired) electrons. The summed E-state index contributed by atoms with van der Waals surface area (Å²) in [5, 5.41) is 7.79. The Morgan fingerprint density at radius 3 is 3.08 bits per heavy atom. The molecule has 1 aromatic heterocycles. The minimum absolute atomic E-state index is 0.772. The average Bonchev–Trinajstić information content (AvgIpc) is 2.57. The second kappa shape index (κ2) is 6.46. The first kappa shape index (κ1) is 11.1. The molecule has 1 aromatic rings. The Balaban J connectivity index is 2.07. The van der Waals surface area contributed by atoms with Crippen molar-refractivity contribution < 1.29 is 0 Å². The van der Waals surface area contributed by atoms with Gasteiger partial charge in [0.05, 0.1) is 0 Å². The normalized spacial score (nSPS) is 13.1. The molecule has 0 amide bonds. The fraction of sp³-hybridized carbons (Fsp3) is 0.600. The minimum Gasteiger partial charge on any atom is -0.312 e. The Kier molecular flexibility index (Phi) is 5.51. The maximum Gasteiger partial charge on any atom is 0.0213 e. The van der Waals surface area contributed by atoms with Crippen molar-refractivity contribution in [2.75, 3.05) is 18.6 Å². The first-order chi connectivity index (χ1) is 6.33. The van der Waals surface area contributed by atoms with Crippen molar-refractivity contribution in [1.82, 2.24) is 5.32 Å². The van der Waals surface area contributed by atoms with Crippen LogP contribution in [-0.4, -0.2) is 18.6 Å². The average molecular weight is 215 g/mol. The van der Waals surface area contributed by atoms with Crippen LogP contribution < -0.4 is 5.32 Å². The highest BCUT2D eigenvalue weighted by Gasteiger charge is 1.99.